The Morgan fingerprint density at radius 3 is 2.81 bits per heavy atom. The first-order valence-corrected chi connectivity index (χ1v) is 5.23. The van der Waals surface area contributed by atoms with E-state index in [1.54, 1.807) is 18.5 Å². The molecule has 0 N–H and O–H groups in total. The van der Waals surface area contributed by atoms with Crippen molar-refractivity contribution < 1.29 is 4.74 Å². The van der Waals surface area contributed by atoms with Gasteiger partial charge in [0.25, 0.3) is 0 Å². The molecular formula is C11H10ClN3O. The van der Waals surface area contributed by atoms with Gasteiger partial charge in [0.1, 0.15) is 0 Å². The Hall–Kier alpha value is -1.68. The van der Waals surface area contributed by atoms with Crippen molar-refractivity contribution in [1.82, 2.24) is 15.0 Å². The first kappa shape index (κ1) is 10.8. The predicted octanol–water partition coefficient (Wildman–Crippen LogP) is 2.15. The number of aromatic nitrogens is 3. The molecular weight excluding hydrogens is 226 g/mol. The fourth-order valence-corrected chi connectivity index (χ4v) is 1.35. The molecule has 0 atom stereocenters. The highest BCUT2D eigenvalue weighted by molar-refractivity contribution is 6.28. The van der Waals surface area contributed by atoms with Gasteiger partial charge in [0.15, 0.2) is 0 Å². The largest absolute Gasteiger partial charge is 0.477 e. The van der Waals surface area contributed by atoms with E-state index in [4.69, 9.17) is 16.3 Å². The maximum Gasteiger partial charge on any atom is 0.225 e. The van der Waals surface area contributed by atoms with Gasteiger partial charge in [0.2, 0.25) is 11.2 Å². The zero-order valence-electron chi connectivity index (χ0n) is 8.51. The van der Waals surface area contributed by atoms with E-state index in [2.05, 4.69) is 15.0 Å². The Morgan fingerprint density at radius 1 is 1.12 bits per heavy atom. The van der Waals surface area contributed by atoms with Gasteiger partial charge >= 0.3 is 0 Å². The van der Waals surface area contributed by atoms with E-state index in [-0.39, 0.29) is 5.28 Å². The van der Waals surface area contributed by atoms with E-state index < -0.39 is 0 Å². The van der Waals surface area contributed by atoms with Crippen LogP contribution in [0.2, 0.25) is 5.28 Å². The Labute approximate surface area is 98.3 Å². The molecule has 82 valence electrons. The van der Waals surface area contributed by atoms with Crippen molar-refractivity contribution in [3.05, 3.63) is 47.6 Å². The summed E-state index contributed by atoms with van der Waals surface area (Å²) in [4.78, 5) is 11.9. The molecule has 0 bridgehead atoms. The zero-order chi connectivity index (χ0) is 11.2. The number of ether oxygens (including phenoxy) is 1. The molecule has 0 aliphatic rings. The normalized spacial score (nSPS) is 10.1. The van der Waals surface area contributed by atoms with Gasteiger partial charge in [-0.05, 0) is 23.7 Å². The summed E-state index contributed by atoms with van der Waals surface area (Å²) in [5.74, 6) is 0.482. The van der Waals surface area contributed by atoms with Gasteiger partial charge in [-0.3, -0.25) is 4.98 Å². The minimum Gasteiger partial charge on any atom is -0.477 e. The smallest absolute Gasteiger partial charge is 0.225 e. The molecule has 0 radical (unpaired) electrons. The van der Waals surface area contributed by atoms with Gasteiger partial charge in [-0.1, -0.05) is 6.07 Å². The predicted molar refractivity (Wildman–Crippen MR) is 60.5 cm³/mol. The van der Waals surface area contributed by atoms with Gasteiger partial charge in [0.05, 0.1) is 6.61 Å². The third kappa shape index (κ3) is 3.17. The molecule has 2 aromatic rings. The summed E-state index contributed by atoms with van der Waals surface area (Å²) in [5.41, 5.74) is 0.989. The molecule has 16 heavy (non-hydrogen) atoms. The second-order valence-corrected chi connectivity index (χ2v) is 3.42. The Balaban J connectivity index is 1.85. The van der Waals surface area contributed by atoms with Crippen LogP contribution < -0.4 is 4.74 Å². The van der Waals surface area contributed by atoms with E-state index in [1.165, 1.54) is 0 Å². The fourth-order valence-electron chi connectivity index (χ4n) is 1.21. The standard InChI is InChI=1S/C11H10ClN3O/c12-11-14-7-4-10(15-11)16-8-5-9-3-1-2-6-13-9/h1-4,6-7H,5,8H2. The summed E-state index contributed by atoms with van der Waals surface area (Å²) in [6, 6.07) is 7.46. The second-order valence-electron chi connectivity index (χ2n) is 3.08. The number of hydrogen-bond donors (Lipinski definition) is 0. The summed E-state index contributed by atoms with van der Waals surface area (Å²) in [5, 5.41) is 0.190. The second kappa shape index (κ2) is 5.42. The summed E-state index contributed by atoms with van der Waals surface area (Å²) in [6.45, 7) is 0.518. The molecule has 2 heterocycles. The minimum absolute atomic E-state index is 0.190. The van der Waals surface area contributed by atoms with E-state index >= 15 is 0 Å². The Morgan fingerprint density at radius 2 is 2.06 bits per heavy atom. The Kier molecular flexibility index (Phi) is 3.66. The van der Waals surface area contributed by atoms with Crippen LogP contribution in [0.25, 0.3) is 0 Å². The molecule has 0 saturated heterocycles. The number of nitrogens with zero attached hydrogens (tertiary/aromatic N) is 3. The molecule has 0 aliphatic carbocycles. The minimum atomic E-state index is 0.190. The molecule has 5 heteroatoms. The summed E-state index contributed by atoms with van der Waals surface area (Å²) in [6.07, 6.45) is 4.06. The number of halogens is 1. The molecule has 4 nitrogen and oxygen atoms in total. The molecule has 2 rings (SSSR count). The van der Waals surface area contributed by atoms with Crippen molar-refractivity contribution in [2.24, 2.45) is 0 Å². The highest BCUT2D eigenvalue weighted by atomic mass is 35.5. The molecule has 0 aliphatic heterocycles. The van der Waals surface area contributed by atoms with Gasteiger partial charge in [-0.2, -0.15) is 4.98 Å². The first-order chi connectivity index (χ1) is 7.84. The van der Waals surface area contributed by atoms with Crippen molar-refractivity contribution in [3.8, 4) is 5.88 Å². The first-order valence-electron chi connectivity index (χ1n) is 4.86. The van der Waals surface area contributed by atoms with Gasteiger partial charge in [0, 0.05) is 30.6 Å². The topological polar surface area (TPSA) is 47.9 Å². The lowest BCUT2D eigenvalue weighted by molar-refractivity contribution is 0.307. The highest BCUT2D eigenvalue weighted by Crippen LogP contribution is 2.08. The number of pyridine rings is 1. The Bertz CT molecular complexity index is 450. The van der Waals surface area contributed by atoms with Crippen LogP contribution in [0.15, 0.2) is 36.7 Å². The SMILES string of the molecule is Clc1nccc(OCCc2ccccn2)n1. The van der Waals surface area contributed by atoms with Crippen LogP contribution in [-0.2, 0) is 6.42 Å². The summed E-state index contributed by atoms with van der Waals surface area (Å²) in [7, 11) is 0. The lowest BCUT2D eigenvalue weighted by Crippen LogP contribution is -2.04. The average molecular weight is 236 g/mol. The van der Waals surface area contributed by atoms with Crippen molar-refractivity contribution in [2.75, 3.05) is 6.61 Å². The van der Waals surface area contributed by atoms with Crippen LogP contribution in [0, 0.1) is 0 Å². The van der Waals surface area contributed by atoms with Crippen LogP contribution in [0.4, 0.5) is 0 Å². The van der Waals surface area contributed by atoms with E-state index in [0.29, 0.717) is 12.5 Å². The fraction of sp³-hybridized carbons (Fsp3) is 0.182. The zero-order valence-corrected chi connectivity index (χ0v) is 9.26. The third-order valence-electron chi connectivity index (χ3n) is 1.93. The molecule has 0 saturated carbocycles. The third-order valence-corrected chi connectivity index (χ3v) is 2.12. The van der Waals surface area contributed by atoms with Crippen LogP contribution >= 0.6 is 11.6 Å². The van der Waals surface area contributed by atoms with E-state index in [9.17, 15) is 0 Å². The lowest BCUT2D eigenvalue weighted by Gasteiger charge is -2.04. The summed E-state index contributed by atoms with van der Waals surface area (Å²) < 4.78 is 5.42. The summed E-state index contributed by atoms with van der Waals surface area (Å²) >= 11 is 5.63. The molecule has 0 fully saturated rings. The molecule has 0 amide bonds. The van der Waals surface area contributed by atoms with Crippen LogP contribution in [0.5, 0.6) is 5.88 Å². The average Bonchev–Trinajstić information content (AvgIpc) is 2.30. The highest BCUT2D eigenvalue weighted by Gasteiger charge is 1.98. The maximum absolute atomic E-state index is 5.63. The van der Waals surface area contributed by atoms with Crippen LogP contribution in [0.1, 0.15) is 5.69 Å². The quantitative estimate of drug-likeness (QED) is 0.762. The maximum atomic E-state index is 5.63. The molecule has 2 aromatic heterocycles. The van der Waals surface area contributed by atoms with Crippen LogP contribution in [0.3, 0.4) is 0 Å². The van der Waals surface area contributed by atoms with Crippen molar-refractivity contribution >= 4 is 11.6 Å². The number of hydrogen-bond acceptors (Lipinski definition) is 4. The van der Waals surface area contributed by atoms with Gasteiger partial charge in [-0.15, -0.1) is 0 Å². The van der Waals surface area contributed by atoms with Crippen molar-refractivity contribution in [2.45, 2.75) is 6.42 Å². The monoisotopic (exact) mass is 235 g/mol. The lowest BCUT2D eigenvalue weighted by atomic mass is 10.3. The van der Waals surface area contributed by atoms with E-state index in [0.717, 1.165) is 12.1 Å². The van der Waals surface area contributed by atoms with Crippen molar-refractivity contribution in [3.63, 3.8) is 0 Å². The van der Waals surface area contributed by atoms with Gasteiger partial charge in [-0.25, -0.2) is 4.98 Å². The van der Waals surface area contributed by atoms with Crippen LogP contribution in [-0.4, -0.2) is 21.6 Å². The molecule has 0 unspecified atom stereocenters. The molecule has 0 aromatic carbocycles. The van der Waals surface area contributed by atoms with E-state index in [1.807, 2.05) is 18.2 Å². The molecule has 0 spiro atoms. The van der Waals surface area contributed by atoms with Crippen molar-refractivity contribution in [1.29, 1.82) is 0 Å². The number of rotatable bonds is 4. The van der Waals surface area contributed by atoms with Gasteiger partial charge < -0.3 is 4.74 Å².